The Hall–Kier alpha value is -5.05. The summed E-state index contributed by atoms with van der Waals surface area (Å²) in [6.07, 6.45) is 3.26. The summed E-state index contributed by atoms with van der Waals surface area (Å²) in [6, 6.07) is 22.7. The molecular formula is C27H23N7O2. The van der Waals surface area contributed by atoms with Crippen LogP contribution >= 0.6 is 0 Å². The first-order valence-electron chi connectivity index (χ1n) is 11.2. The summed E-state index contributed by atoms with van der Waals surface area (Å²) in [6.45, 7) is 1.99. The largest absolute Gasteiger partial charge is 0.497 e. The van der Waals surface area contributed by atoms with Gasteiger partial charge in [-0.3, -0.25) is 0 Å². The van der Waals surface area contributed by atoms with Crippen LogP contribution in [-0.4, -0.2) is 32.3 Å². The topological polar surface area (TPSA) is 121 Å². The Morgan fingerprint density at radius 3 is 2.44 bits per heavy atom. The fourth-order valence-corrected chi connectivity index (χ4v) is 3.58. The zero-order valence-corrected chi connectivity index (χ0v) is 19.7. The Morgan fingerprint density at radius 2 is 1.67 bits per heavy atom. The first kappa shape index (κ1) is 22.7. The van der Waals surface area contributed by atoms with Crippen molar-refractivity contribution in [1.82, 2.24) is 25.1 Å². The predicted molar refractivity (Wildman–Crippen MR) is 138 cm³/mol. The smallest absolute Gasteiger partial charge is 0.228 e. The number of ether oxygens (including phenoxy) is 2. The molecule has 5 rings (SSSR count). The lowest BCUT2D eigenvalue weighted by Crippen LogP contribution is -2.00. The normalized spacial score (nSPS) is 10.6. The Morgan fingerprint density at radius 1 is 0.806 bits per heavy atom. The molecule has 0 saturated carbocycles. The minimum absolute atomic E-state index is 0.188. The number of hydrogen-bond acceptors (Lipinski definition) is 9. The van der Waals surface area contributed by atoms with Gasteiger partial charge in [-0.15, -0.1) is 10.2 Å². The van der Waals surface area contributed by atoms with Crippen molar-refractivity contribution in [1.29, 1.82) is 0 Å². The van der Waals surface area contributed by atoms with Gasteiger partial charge in [0.15, 0.2) is 5.82 Å². The lowest BCUT2D eigenvalue weighted by molar-refractivity contribution is 0.415. The summed E-state index contributed by atoms with van der Waals surface area (Å²) >= 11 is 0. The van der Waals surface area contributed by atoms with Crippen molar-refractivity contribution < 1.29 is 9.47 Å². The molecule has 0 amide bonds. The Labute approximate surface area is 208 Å². The summed E-state index contributed by atoms with van der Waals surface area (Å²) in [7, 11) is 1.64. The molecule has 9 heteroatoms. The maximum atomic E-state index is 6.04. The van der Waals surface area contributed by atoms with Crippen molar-refractivity contribution in [3.8, 4) is 39.9 Å². The number of pyridine rings is 1. The third-order valence-corrected chi connectivity index (χ3v) is 5.40. The van der Waals surface area contributed by atoms with E-state index >= 15 is 0 Å². The Kier molecular flexibility index (Phi) is 6.35. The highest BCUT2D eigenvalue weighted by Crippen LogP contribution is 2.31. The van der Waals surface area contributed by atoms with Crippen LogP contribution in [-0.2, 0) is 0 Å². The Balaban J connectivity index is 1.31. The lowest BCUT2D eigenvalue weighted by atomic mass is 10.1. The second-order valence-corrected chi connectivity index (χ2v) is 7.90. The third-order valence-electron chi connectivity index (χ3n) is 5.40. The molecule has 0 spiro atoms. The number of nitrogens with two attached hydrogens (primary N) is 1. The molecule has 0 aliphatic rings. The second-order valence-electron chi connectivity index (χ2n) is 7.90. The van der Waals surface area contributed by atoms with Gasteiger partial charge in [0, 0.05) is 23.6 Å². The number of nitrogens with one attached hydrogen (secondary N) is 1. The van der Waals surface area contributed by atoms with E-state index in [-0.39, 0.29) is 5.95 Å². The van der Waals surface area contributed by atoms with Gasteiger partial charge in [0.05, 0.1) is 24.1 Å². The summed E-state index contributed by atoms with van der Waals surface area (Å²) in [5.74, 6) is 2.68. The van der Waals surface area contributed by atoms with Gasteiger partial charge >= 0.3 is 0 Å². The minimum Gasteiger partial charge on any atom is -0.497 e. The number of methoxy groups -OCH3 is 1. The van der Waals surface area contributed by atoms with Gasteiger partial charge in [0.2, 0.25) is 11.8 Å². The van der Waals surface area contributed by atoms with Crippen LogP contribution in [0.4, 0.5) is 17.5 Å². The highest BCUT2D eigenvalue weighted by atomic mass is 16.5. The molecule has 3 aromatic heterocycles. The van der Waals surface area contributed by atoms with Gasteiger partial charge in [-0.1, -0.05) is 12.1 Å². The van der Waals surface area contributed by atoms with Gasteiger partial charge < -0.3 is 20.5 Å². The van der Waals surface area contributed by atoms with Crippen LogP contribution in [0, 0.1) is 6.92 Å². The standard InChI is InChI=1S/C27H23N7O2/c1-17-15-24(18-5-3-6-21(16-18)35-2)33-34-25(17)31-19-8-10-20(11-9-19)36-26-22(7-4-13-29-26)23-12-14-30-27(28)32-23/h3-16H,1-2H3,(H,31,34)(H2,28,30,32). The van der Waals surface area contributed by atoms with Crippen molar-refractivity contribution in [2.24, 2.45) is 0 Å². The summed E-state index contributed by atoms with van der Waals surface area (Å²) in [5.41, 5.74) is 10.6. The number of rotatable bonds is 7. The van der Waals surface area contributed by atoms with Crippen molar-refractivity contribution in [3.63, 3.8) is 0 Å². The van der Waals surface area contributed by atoms with Crippen LogP contribution < -0.4 is 20.5 Å². The lowest BCUT2D eigenvalue weighted by Gasteiger charge is -2.12. The summed E-state index contributed by atoms with van der Waals surface area (Å²) in [4.78, 5) is 12.6. The maximum Gasteiger partial charge on any atom is 0.228 e. The molecule has 0 bridgehead atoms. The first-order valence-corrected chi connectivity index (χ1v) is 11.2. The van der Waals surface area contributed by atoms with Crippen molar-refractivity contribution >= 4 is 17.5 Å². The zero-order valence-electron chi connectivity index (χ0n) is 19.7. The van der Waals surface area contributed by atoms with E-state index in [9.17, 15) is 0 Å². The van der Waals surface area contributed by atoms with Crippen LogP contribution in [0.2, 0.25) is 0 Å². The van der Waals surface area contributed by atoms with E-state index in [0.29, 0.717) is 23.1 Å². The molecule has 178 valence electrons. The van der Waals surface area contributed by atoms with E-state index in [2.05, 4.69) is 30.5 Å². The zero-order chi connectivity index (χ0) is 24.9. The van der Waals surface area contributed by atoms with Gasteiger partial charge in [0.1, 0.15) is 11.5 Å². The fourth-order valence-electron chi connectivity index (χ4n) is 3.58. The monoisotopic (exact) mass is 477 g/mol. The number of anilines is 3. The molecule has 0 aliphatic carbocycles. The first-order chi connectivity index (χ1) is 17.6. The summed E-state index contributed by atoms with van der Waals surface area (Å²) in [5, 5.41) is 12.1. The van der Waals surface area contributed by atoms with Gasteiger partial charge in [0.25, 0.3) is 0 Å². The molecule has 0 atom stereocenters. The number of nitrogen functional groups attached to an aromatic ring is 1. The molecule has 36 heavy (non-hydrogen) atoms. The molecule has 0 fully saturated rings. The fraction of sp³-hybridized carbons (Fsp3) is 0.0741. The van der Waals surface area contributed by atoms with Crippen molar-refractivity contribution in [3.05, 3.63) is 90.8 Å². The molecule has 9 nitrogen and oxygen atoms in total. The molecule has 3 heterocycles. The molecule has 5 aromatic rings. The second kappa shape index (κ2) is 10.1. The number of benzene rings is 2. The van der Waals surface area contributed by atoms with E-state index in [0.717, 1.165) is 33.8 Å². The van der Waals surface area contributed by atoms with E-state index < -0.39 is 0 Å². The summed E-state index contributed by atoms with van der Waals surface area (Å²) < 4.78 is 11.3. The van der Waals surface area contributed by atoms with Crippen molar-refractivity contribution in [2.75, 3.05) is 18.2 Å². The average Bonchev–Trinajstić information content (AvgIpc) is 2.91. The van der Waals surface area contributed by atoms with Crippen LogP contribution in [0.25, 0.3) is 22.5 Å². The maximum absolute atomic E-state index is 6.04. The number of hydrogen-bond donors (Lipinski definition) is 2. The highest BCUT2D eigenvalue weighted by molar-refractivity contribution is 5.67. The molecule has 0 radical (unpaired) electrons. The van der Waals surface area contributed by atoms with E-state index in [1.165, 1.54) is 0 Å². The van der Waals surface area contributed by atoms with E-state index in [1.807, 2.05) is 73.7 Å². The molecule has 0 aliphatic heterocycles. The van der Waals surface area contributed by atoms with Gasteiger partial charge in [-0.05, 0) is 73.2 Å². The Bertz CT molecular complexity index is 1510. The molecule has 0 unspecified atom stereocenters. The number of nitrogens with zero attached hydrogens (tertiary/aromatic N) is 5. The van der Waals surface area contributed by atoms with Crippen molar-refractivity contribution in [2.45, 2.75) is 6.92 Å². The van der Waals surface area contributed by atoms with E-state index in [1.54, 1.807) is 25.6 Å². The molecule has 2 aromatic carbocycles. The molecular weight excluding hydrogens is 454 g/mol. The highest BCUT2D eigenvalue weighted by Gasteiger charge is 2.11. The van der Waals surface area contributed by atoms with Crippen LogP contribution in [0.3, 0.4) is 0 Å². The van der Waals surface area contributed by atoms with E-state index in [4.69, 9.17) is 15.2 Å². The average molecular weight is 478 g/mol. The van der Waals surface area contributed by atoms with Crippen LogP contribution in [0.1, 0.15) is 5.56 Å². The predicted octanol–water partition coefficient (Wildman–Crippen LogP) is 5.43. The van der Waals surface area contributed by atoms with Crippen LogP contribution in [0.5, 0.6) is 17.4 Å². The quantitative estimate of drug-likeness (QED) is 0.316. The number of aryl methyl sites for hydroxylation is 1. The SMILES string of the molecule is COc1cccc(-c2cc(C)c(Nc3ccc(Oc4ncccc4-c4ccnc(N)n4)cc3)nn2)c1. The van der Waals surface area contributed by atoms with Crippen LogP contribution in [0.15, 0.2) is 85.2 Å². The molecule has 0 saturated heterocycles. The molecule has 3 N–H and O–H groups in total. The minimum atomic E-state index is 0.188. The van der Waals surface area contributed by atoms with Gasteiger partial charge in [-0.2, -0.15) is 0 Å². The number of aromatic nitrogens is 5. The third kappa shape index (κ3) is 5.05. The van der Waals surface area contributed by atoms with Gasteiger partial charge in [-0.25, -0.2) is 15.0 Å².